The van der Waals surface area contributed by atoms with Gasteiger partial charge in [0.15, 0.2) is 0 Å². The van der Waals surface area contributed by atoms with Crippen LogP contribution in [0.4, 0.5) is 17.2 Å². The summed E-state index contributed by atoms with van der Waals surface area (Å²) >= 11 is 0. The van der Waals surface area contributed by atoms with Gasteiger partial charge in [0.05, 0.1) is 10.5 Å². The summed E-state index contributed by atoms with van der Waals surface area (Å²) in [6.45, 7) is 1.80. The molecule has 0 aliphatic rings. The van der Waals surface area contributed by atoms with Crippen molar-refractivity contribution >= 4 is 23.1 Å². The molecule has 0 atom stereocenters. The number of nitrogens with one attached hydrogen (secondary N) is 2. The van der Waals surface area contributed by atoms with Crippen LogP contribution in [0.25, 0.3) is 0 Å². The molecule has 0 aromatic carbocycles. The summed E-state index contributed by atoms with van der Waals surface area (Å²) < 4.78 is 0. The predicted molar refractivity (Wildman–Crippen MR) is 77.4 cm³/mol. The van der Waals surface area contributed by atoms with E-state index >= 15 is 0 Å². The van der Waals surface area contributed by atoms with Gasteiger partial charge in [-0.3, -0.25) is 19.9 Å². The lowest BCUT2D eigenvalue weighted by molar-refractivity contribution is -0.385. The van der Waals surface area contributed by atoms with Crippen LogP contribution >= 0.6 is 0 Å². The summed E-state index contributed by atoms with van der Waals surface area (Å²) in [6, 6.07) is 4.51. The number of hydrogen-bond donors (Lipinski definition) is 2. The Morgan fingerprint density at radius 3 is 2.71 bits per heavy atom. The molecule has 108 valence electrons. The fourth-order valence-electron chi connectivity index (χ4n) is 1.75. The van der Waals surface area contributed by atoms with Crippen LogP contribution in [-0.4, -0.2) is 27.8 Å². The average Bonchev–Trinajstić information content (AvgIpc) is 2.46. The second-order valence-electron chi connectivity index (χ2n) is 4.24. The molecule has 0 aliphatic heterocycles. The van der Waals surface area contributed by atoms with Crippen LogP contribution in [0.15, 0.2) is 30.6 Å². The van der Waals surface area contributed by atoms with Crippen molar-refractivity contribution in [3.8, 4) is 0 Å². The van der Waals surface area contributed by atoms with Gasteiger partial charge in [0.25, 0.3) is 11.6 Å². The number of rotatable bonds is 4. The molecule has 2 N–H and O–H groups in total. The minimum Gasteiger partial charge on any atom is -0.372 e. The Morgan fingerprint density at radius 1 is 1.33 bits per heavy atom. The molecule has 8 nitrogen and oxygen atoms in total. The molecule has 1 amide bonds. The van der Waals surface area contributed by atoms with Gasteiger partial charge >= 0.3 is 0 Å². The second-order valence-corrected chi connectivity index (χ2v) is 4.24. The normalized spacial score (nSPS) is 10.0. The molecule has 2 aromatic heterocycles. The number of amides is 1. The van der Waals surface area contributed by atoms with Crippen molar-refractivity contribution < 1.29 is 9.72 Å². The fraction of sp³-hybridized carbons (Fsp3) is 0.154. The Bertz CT molecular complexity index is 702. The largest absolute Gasteiger partial charge is 0.372 e. The van der Waals surface area contributed by atoms with Crippen LogP contribution in [0.5, 0.6) is 0 Å². The molecule has 2 aromatic rings. The van der Waals surface area contributed by atoms with Gasteiger partial charge in [0.1, 0.15) is 12.0 Å². The Morgan fingerprint density at radius 2 is 2.10 bits per heavy atom. The number of aryl methyl sites for hydroxylation is 1. The van der Waals surface area contributed by atoms with E-state index in [-0.39, 0.29) is 17.1 Å². The molecule has 0 saturated heterocycles. The highest BCUT2D eigenvalue weighted by molar-refractivity contribution is 6.07. The van der Waals surface area contributed by atoms with E-state index in [0.717, 1.165) is 11.9 Å². The minimum absolute atomic E-state index is 0.0983. The van der Waals surface area contributed by atoms with E-state index in [0.29, 0.717) is 5.69 Å². The zero-order chi connectivity index (χ0) is 15.4. The Labute approximate surface area is 120 Å². The molecular weight excluding hydrogens is 274 g/mol. The van der Waals surface area contributed by atoms with Gasteiger partial charge in [0, 0.05) is 30.7 Å². The number of carbonyl (C=O) groups is 1. The first-order valence-corrected chi connectivity index (χ1v) is 6.07. The molecule has 0 unspecified atom stereocenters. The third-order valence-electron chi connectivity index (χ3n) is 2.72. The van der Waals surface area contributed by atoms with Crippen LogP contribution < -0.4 is 10.6 Å². The first-order chi connectivity index (χ1) is 10.0. The van der Waals surface area contributed by atoms with Crippen LogP contribution in [-0.2, 0) is 0 Å². The lowest BCUT2D eigenvalue weighted by Crippen LogP contribution is -2.15. The summed E-state index contributed by atoms with van der Waals surface area (Å²) in [6.07, 6.45) is 2.66. The lowest BCUT2D eigenvalue weighted by Gasteiger charge is -2.09. The van der Waals surface area contributed by atoms with Gasteiger partial charge in [-0.25, -0.2) is 4.98 Å². The van der Waals surface area contributed by atoms with E-state index < -0.39 is 10.8 Å². The molecular formula is C13H13N5O3. The first-order valence-electron chi connectivity index (χ1n) is 6.07. The van der Waals surface area contributed by atoms with E-state index in [4.69, 9.17) is 0 Å². The standard InChI is InChI=1S/C13H13N5O3/c1-8-5-9(3-4-15-8)17-13(19)11-6-10(18(20)21)7-16-12(11)14-2/h3-7H,1-2H3,(H,14,16)(H,15,17,19). The van der Waals surface area contributed by atoms with Crippen LogP contribution in [0.3, 0.4) is 0 Å². The number of nitro groups is 1. The lowest BCUT2D eigenvalue weighted by atomic mass is 10.2. The Balaban J connectivity index is 2.33. The van der Waals surface area contributed by atoms with Crippen molar-refractivity contribution in [2.75, 3.05) is 17.7 Å². The molecule has 0 radical (unpaired) electrons. The maximum absolute atomic E-state index is 12.2. The molecule has 0 fully saturated rings. The van der Waals surface area contributed by atoms with Crippen molar-refractivity contribution in [1.82, 2.24) is 9.97 Å². The highest BCUT2D eigenvalue weighted by Crippen LogP contribution is 2.20. The monoisotopic (exact) mass is 287 g/mol. The highest BCUT2D eigenvalue weighted by Gasteiger charge is 2.17. The number of nitrogens with zero attached hydrogens (tertiary/aromatic N) is 3. The quantitative estimate of drug-likeness (QED) is 0.657. The number of hydrogen-bond acceptors (Lipinski definition) is 6. The zero-order valence-electron chi connectivity index (χ0n) is 11.5. The van der Waals surface area contributed by atoms with Crippen LogP contribution in [0.2, 0.25) is 0 Å². The van der Waals surface area contributed by atoms with Gasteiger partial charge in [-0.15, -0.1) is 0 Å². The van der Waals surface area contributed by atoms with E-state index in [1.54, 1.807) is 32.3 Å². The van der Waals surface area contributed by atoms with Gasteiger partial charge in [-0.2, -0.15) is 0 Å². The Kier molecular flexibility index (Phi) is 4.07. The van der Waals surface area contributed by atoms with Crippen LogP contribution in [0, 0.1) is 17.0 Å². The number of carbonyl (C=O) groups excluding carboxylic acids is 1. The molecule has 21 heavy (non-hydrogen) atoms. The number of pyridine rings is 2. The van der Waals surface area contributed by atoms with Crippen molar-refractivity contribution in [2.24, 2.45) is 0 Å². The average molecular weight is 287 g/mol. The van der Waals surface area contributed by atoms with Gasteiger partial charge < -0.3 is 10.6 Å². The molecule has 2 rings (SSSR count). The smallest absolute Gasteiger partial charge is 0.288 e. The third kappa shape index (κ3) is 3.30. The molecule has 0 aliphatic carbocycles. The number of aromatic nitrogens is 2. The topological polar surface area (TPSA) is 110 Å². The summed E-state index contributed by atoms with van der Waals surface area (Å²) in [5.41, 5.74) is 1.16. The third-order valence-corrected chi connectivity index (χ3v) is 2.72. The summed E-state index contributed by atoms with van der Waals surface area (Å²) in [4.78, 5) is 30.3. The first kappa shape index (κ1) is 14.4. The van der Waals surface area contributed by atoms with Gasteiger partial charge in [0.2, 0.25) is 0 Å². The van der Waals surface area contributed by atoms with E-state index in [1.165, 1.54) is 6.07 Å². The molecule has 0 bridgehead atoms. The van der Waals surface area contributed by atoms with Crippen molar-refractivity contribution in [1.29, 1.82) is 0 Å². The van der Waals surface area contributed by atoms with E-state index in [1.807, 2.05) is 0 Å². The summed E-state index contributed by atoms with van der Waals surface area (Å²) in [5.74, 6) is -0.218. The van der Waals surface area contributed by atoms with E-state index in [2.05, 4.69) is 20.6 Å². The maximum Gasteiger partial charge on any atom is 0.288 e. The SMILES string of the molecule is CNc1ncc([N+](=O)[O-])cc1C(=O)Nc1ccnc(C)c1. The highest BCUT2D eigenvalue weighted by atomic mass is 16.6. The molecule has 2 heterocycles. The van der Waals surface area contributed by atoms with Crippen LogP contribution in [0.1, 0.15) is 16.1 Å². The summed E-state index contributed by atoms with van der Waals surface area (Å²) in [5, 5.41) is 16.2. The summed E-state index contributed by atoms with van der Waals surface area (Å²) in [7, 11) is 1.58. The van der Waals surface area contributed by atoms with E-state index in [9.17, 15) is 14.9 Å². The van der Waals surface area contributed by atoms with Crippen molar-refractivity contribution in [2.45, 2.75) is 6.92 Å². The molecule has 8 heteroatoms. The maximum atomic E-state index is 12.2. The zero-order valence-corrected chi connectivity index (χ0v) is 11.5. The minimum atomic E-state index is -0.597. The number of anilines is 2. The molecule has 0 saturated carbocycles. The Hall–Kier alpha value is -3.03. The second kappa shape index (κ2) is 5.95. The van der Waals surface area contributed by atoms with Gasteiger partial charge in [-0.1, -0.05) is 0 Å². The fourth-order valence-corrected chi connectivity index (χ4v) is 1.75. The molecule has 0 spiro atoms. The predicted octanol–water partition coefficient (Wildman–Crippen LogP) is 1.99. The van der Waals surface area contributed by atoms with Gasteiger partial charge in [-0.05, 0) is 19.1 Å². The van der Waals surface area contributed by atoms with Crippen molar-refractivity contribution in [3.05, 3.63) is 52.0 Å². The van der Waals surface area contributed by atoms with Crippen molar-refractivity contribution in [3.63, 3.8) is 0 Å².